The first-order valence-electron chi connectivity index (χ1n) is 19.4. The Hall–Kier alpha value is -6.69. The van der Waals surface area contributed by atoms with E-state index in [9.17, 15) is 8.42 Å². The van der Waals surface area contributed by atoms with Crippen molar-refractivity contribution < 1.29 is 8.42 Å². The maximum Gasteiger partial charge on any atom is 0.207 e. The molecule has 0 spiro atoms. The zero-order chi connectivity index (χ0) is 38.7. The molecule has 0 saturated heterocycles. The molecule has 3 aliphatic heterocycles. The third-order valence-electron chi connectivity index (χ3n) is 12.2. The molecule has 3 aliphatic rings. The van der Waals surface area contributed by atoms with Crippen molar-refractivity contribution in [2.75, 3.05) is 9.80 Å². The summed E-state index contributed by atoms with van der Waals surface area (Å²) in [5.74, 6) is 0. The van der Waals surface area contributed by atoms with Crippen molar-refractivity contribution in [1.29, 1.82) is 0 Å². The monoisotopic (exact) mass is 754 g/mol. The Kier molecular flexibility index (Phi) is 7.17. The highest BCUT2D eigenvalue weighted by molar-refractivity contribution is 7.92. The van der Waals surface area contributed by atoms with Crippen LogP contribution in [-0.2, 0) is 9.84 Å². The summed E-state index contributed by atoms with van der Waals surface area (Å²) < 4.78 is 28.9. The zero-order valence-electron chi connectivity index (χ0n) is 32.1. The van der Waals surface area contributed by atoms with Crippen LogP contribution in [-0.4, -0.2) is 8.42 Å². The van der Waals surface area contributed by atoms with Crippen LogP contribution in [0.1, 0.15) is 22.3 Å². The summed E-state index contributed by atoms with van der Waals surface area (Å²) in [7, 11) is -3.77. The van der Waals surface area contributed by atoms with Gasteiger partial charge in [-0.25, -0.2) is 8.42 Å². The average Bonchev–Trinajstić information content (AvgIpc) is 3.31. The van der Waals surface area contributed by atoms with Crippen molar-refractivity contribution >= 4 is 44.0 Å². The van der Waals surface area contributed by atoms with Crippen LogP contribution in [0, 0.1) is 27.7 Å². The van der Waals surface area contributed by atoms with Crippen LogP contribution in [0.4, 0.5) is 34.1 Å². The summed E-state index contributed by atoms with van der Waals surface area (Å²) in [4.78, 5) is 5.39. The quantitative estimate of drug-likeness (QED) is 0.176. The lowest BCUT2D eigenvalue weighted by Crippen LogP contribution is -2.14. The van der Waals surface area contributed by atoms with Crippen molar-refractivity contribution in [3.05, 3.63) is 180 Å². The number of hydrogen-bond donors (Lipinski definition) is 0. The fourth-order valence-corrected chi connectivity index (χ4v) is 11.3. The highest BCUT2D eigenvalue weighted by atomic mass is 32.2. The minimum Gasteiger partial charge on any atom is -0.309 e. The number of nitrogens with zero attached hydrogens (tertiary/aromatic N) is 2. The van der Waals surface area contributed by atoms with Gasteiger partial charge >= 0.3 is 0 Å². The van der Waals surface area contributed by atoms with Crippen LogP contribution in [0.5, 0.6) is 0 Å². The summed E-state index contributed by atoms with van der Waals surface area (Å²) in [5, 5.41) is 0. The van der Waals surface area contributed by atoms with Crippen molar-refractivity contribution in [3.8, 4) is 55.6 Å². The van der Waals surface area contributed by atoms with E-state index in [1.807, 2.05) is 24.3 Å². The van der Waals surface area contributed by atoms with E-state index in [-0.39, 0.29) is 0 Å². The maximum absolute atomic E-state index is 14.4. The van der Waals surface area contributed by atoms with Gasteiger partial charge < -0.3 is 9.80 Å². The Balaban J connectivity index is 1.16. The molecular weight excluding hydrogens is 717 g/mol. The van der Waals surface area contributed by atoms with E-state index in [1.165, 1.54) is 22.3 Å². The second kappa shape index (κ2) is 12.2. The minimum atomic E-state index is -3.77. The van der Waals surface area contributed by atoms with Crippen molar-refractivity contribution in [2.24, 2.45) is 0 Å². The van der Waals surface area contributed by atoms with Gasteiger partial charge in [-0.05, 0) is 109 Å². The van der Waals surface area contributed by atoms with Gasteiger partial charge in [0.25, 0.3) is 0 Å². The van der Waals surface area contributed by atoms with Gasteiger partial charge in [0.1, 0.15) is 0 Å². The SMILES string of the molecule is Cc1cccc2c1N(c1ccc3c(c1)-c1cc(N4c5c(C)cccc5-c5ccccc5-c5cccc(C)c54)ccc1S3(=O)=O)c1c(C)cccc1-c1ccccc1-2. The first kappa shape index (κ1) is 33.6. The first-order chi connectivity index (χ1) is 27.7. The molecule has 274 valence electrons. The van der Waals surface area contributed by atoms with Crippen molar-refractivity contribution in [3.63, 3.8) is 0 Å². The third kappa shape index (κ3) is 4.70. The highest BCUT2D eigenvalue weighted by Crippen LogP contribution is 2.57. The number of hydrogen-bond acceptors (Lipinski definition) is 4. The zero-order valence-corrected chi connectivity index (χ0v) is 32.9. The molecule has 5 heteroatoms. The molecule has 0 N–H and O–H groups in total. The fraction of sp³-hybridized carbons (Fsp3) is 0.0769. The van der Waals surface area contributed by atoms with E-state index >= 15 is 0 Å². The number of benzene rings is 8. The summed E-state index contributed by atoms with van der Waals surface area (Å²) in [6, 6.07) is 55.0. The molecule has 3 heterocycles. The van der Waals surface area contributed by atoms with Gasteiger partial charge in [-0.2, -0.15) is 0 Å². The summed E-state index contributed by atoms with van der Waals surface area (Å²) in [6.45, 7) is 8.65. The molecule has 0 radical (unpaired) electrons. The molecule has 0 unspecified atom stereocenters. The molecule has 0 bridgehead atoms. The topological polar surface area (TPSA) is 40.6 Å². The molecule has 0 saturated carbocycles. The largest absolute Gasteiger partial charge is 0.309 e. The third-order valence-corrected chi connectivity index (χ3v) is 14.0. The van der Waals surface area contributed by atoms with E-state index in [1.54, 1.807) is 0 Å². The number of fused-ring (bicyclic) bond motifs is 13. The van der Waals surface area contributed by atoms with Gasteiger partial charge in [0.05, 0.1) is 32.5 Å². The molecule has 0 aromatic heterocycles. The molecule has 0 amide bonds. The molecule has 0 atom stereocenters. The second-order valence-corrected chi connectivity index (χ2v) is 17.4. The van der Waals surface area contributed by atoms with Gasteiger partial charge in [0, 0.05) is 44.8 Å². The van der Waals surface area contributed by atoms with Gasteiger partial charge in [-0.15, -0.1) is 0 Å². The Labute approximate surface area is 333 Å². The predicted octanol–water partition coefficient (Wildman–Crippen LogP) is 14.0. The molecular formula is C52H38N2O2S. The number of para-hydroxylation sites is 4. The maximum atomic E-state index is 14.4. The molecule has 4 nitrogen and oxygen atoms in total. The normalized spacial score (nSPS) is 13.8. The average molecular weight is 755 g/mol. The minimum absolute atomic E-state index is 0.336. The molecule has 57 heavy (non-hydrogen) atoms. The number of rotatable bonds is 2. The fourth-order valence-electron chi connectivity index (χ4n) is 9.66. The predicted molar refractivity (Wildman–Crippen MR) is 235 cm³/mol. The molecule has 0 aliphatic carbocycles. The van der Waals surface area contributed by atoms with Crippen LogP contribution < -0.4 is 9.80 Å². The van der Waals surface area contributed by atoms with Crippen LogP contribution in [0.2, 0.25) is 0 Å². The lowest BCUT2D eigenvalue weighted by Gasteiger charge is -2.31. The summed E-state index contributed by atoms with van der Waals surface area (Å²) >= 11 is 0. The van der Waals surface area contributed by atoms with Gasteiger partial charge in [-0.3, -0.25) is 0 Å². The summed E-state index contributed by atoms with van der Waals surface area (Å²) in [5.41, 5.74) is 21.4. The smallest absolute Gasteiger partial charge is 0.207 e. The Morgan fingerprint density at radius 2 is 0.596 bits per heavy atom. The van der Waals surface area contributed by atoms with Crippen LogP contribution in [0.3, 0.4) is 0 Å². The molecule has 8 aromatic rings. The summed E-state index contributed by atoms with van der Waals surface area (Å²) in [6.07, 6.45) is 0. The van der Waals surface area contributed by atoms with Gasteiger partial charge in [0.2, 0.25) is 9.84 Å². The Morgan fingerprint density at radius 1 is 0.316 bits per heavy atom. The second-order valence-electron chi connectivity index (χ2n) is 15.5. The highest BCUT2D eigenvalue weighted by Gasteiger charge is 2.37. The van der Waals surface area contributed by atoms with Crippen LogP contribution in [0.25, 0.3) is 55.6 Å². The number of aryl methyl sites for hydroxylation is 4. The molecule has 0 fully saturated rings. The van der Waals surface area contributed by atoms with E-state index in [4.69, 9.17) is 0 Å². The number of sulfone groups is 1. The van der Waals surface area contributed by atoms with E-state index in [2.05, 4.69) is 171 Å². The van der Waals surface area contributed by atoms with Crippen molar-refractivity contribution in [1.82, 2.24) is 0 Å². The van der Waals surface area contributed by atoms with E-state index in [0.29, 0.717) is 20.9 Å². The van der Waals surface area contributed by atoms with Crippen LogP contribution >= 0.6 is 0 Å². The first-order valence-corrected chi connectivity index (χ1v) is 20.9. The Morgan fingerprint density at radius 3 is 0.895 bits per heavy atom. The van der Waals surface area contributed by atoms with E-state index in [0.717, 1.165) is 78.6 Å². The molecule has 11 rings (SSSR count). The van der Waals surface area contributed by atoms with Crippen LogP contribution in [0.15, 0.2) is 168 Å². The van der Waals surface area contributed by atoms with Gasteiger partial charge in [-0.1, -0.05) is 121 Å². The Bertz CT molecular complexity index is 2810. The van der Waals surface area contributed by atoms with Gasteiger partial charge in [0.15, 0.2) is 0 Å². The lowest BCUT2D eigenvalue weighted by molar-refractivity contribution is 0.598. The number of anilines is 6. The van der Waals surface area contributed by atoms with E-state index < -0.39 is 9.84 Å². The van der Waals surface area contributed by atoms with Crippen molar-refractivity contribution in [2.45, 2.75) is 37.5 Å². The standard InChI is InChI=1S/C52H38N2O2S/c1-31-13-9-21-41-37-17-5-6-18-38(37)42-22-10-14-32(2)50(42)53(49(31)41)35-25-27-47-45(29-35)46-30-36(26-28-48(46)57(47,55)56)54-51-33(3)15-11-23-43(51)39-19-7-8-20-40(39)44-24-12-16-34(4)52(44)54/h5-30H,1-4H3. The molecule has 8 aromatic carbocycles. The lowest BCUT2D eigenvalue weighted by atomic mass is 9.93.